The van der Waals surface area contributed by atoms with E-state index in [2.05, 4.69) is 20.3 Å². The highest BCUT2D eigenvalue weighted by atomic mass is 32.1. The van der Waals surface area contributed by atoms with Crippen LogP contribution in [-0.2, 0) is 4.79 Å². The van der Waals surface area contributed by atoms with Crippen LogP contribution in [-0.4, -0.2) is 34.2 Å². The molecule has 0 N–H and O–H groups in total. The normalized spacial score (nSPS) is 15.9. The van der Waals surface area contributed by atoms with Gasteiger partial charge in [0.1, 0.15) is 5.75 Å². The first-order valence-electron chi connectivity index (χ1n) is 9.69. The molecule has 11 heteroatoms. The standard InChI is InChI=1S/C21H18N6O4S/c1-3-31-17-9-7-15(8-10-17)23-24-19-13(2)25-26(20(19)28)21-22-18(12-32-21)14-5-4-6-16(11-14)27(29)30/h4-12,19H,3H2,1-2H3. The van der Waals surface area contributed by atoms with Crippen molar-refractivity contribution in [2.24, 2.45) is 15.3 Å². The van der Waals surface area contributed by atoms with Gasteiger partial charge in [0, 0.05) is 23.1 Å². The zero-order valence-electron chi connectivity index (χ0n) is 17.2. The maximum absolute atomic E-state index is 12.9. The summed E-state index contributed by atoms with van der Waals surface area (Å²) in [5.74, 6) is 0.368. The highest BCUT2D eigenvalue weighted by molar-refractivity contribution is 7.14. The maximum atomic E-state index is 12.9. The van der Waals surface area contributed by atoms with Gasteiger partial charge in [-0.1, -0.05) is 12.1 Å². The van der Waals surface area contributed by atoms with Gasteiger partial charge in [-0.05, 0) is 38.1 Å². The van der Waals surface area contributed by atoms with Gasteiger partial charge in [-0.3, -0.25) is 14.9 Å². The minimum Gasteiger partial charge on any atom is -0.494 e. The summed E-state index contributed by atoms with van der Waals surface area (Å²) in [5, 5.41) is 26.9. The molecular formula is C21H18N6O4S. The average Bonchev–Trinajstić information content (AvgIpc) is 3.38. The van der Waals surface area contributed by atoms with Gasteiger partial charge in [-0.15, -0.1) is 11.3 Å². The van der Waals surface area contributed by atoms with Crippen molar-refractivity contribution in [3.8, 4) is 17.0 Å². The van der Waals surface area contributed by atoms with E-state index in [0.717, 1.165) is 5.75 Å². The maximum Gasteiger partial charge on any atom is 0.282 e. The fourth-order valence-electron chi connectivity index (χ4n) is 3.00. The van der Waals surface area contributed by atoms with Crippen LogP contribution in [0, 0.1) is 10.1 Å². The number of amides is 1. The predicted molar refractivity (Wildman–Crippen MR) is 121 cm³/mol. The molecule has 1 unspecified atom stereocenters. The van der Waals surface area contributed by atoms with Gasteiger partial charge in [0.15, 0.2) is 6.04 Å². The zero-order chi connectivity index (χ0) is 22.7. The number of rotatable bonds is 7. The Morgan fingerprint density at radius 1 is 1.25 bits per heavy atom. The van der Waals surface area contributed by atoms with Crippen molar-refractivity contribution in [2.45, 2.75) is 19.9 Å². The van der Waals surface area contributed by atoms with Crippen molar-refractivity contribution in [2.75, 3.05) is 11.6 Å². The number of thiazole rings is 1. The van der Waals surface area contributed by atoms with Crippen LogP contribution < -0.4 is 9.75 Å². The molecule has 0 bridgehead atoms. The third-order valence-electron chi connectivity index (χ3n) is 4.56. The number of aromatic nitrogens is 1. The van der Waals surface area contributed by atoms with Crippen molar-refractivity contribution >= 4 is 39.5 Å². The van der Waals surface area contributed by atoms with Gasteiger partial charge in [0.2, 0.25) is 5.13 Å². The Hall–Kier alpha value is -3.99. The Morgan fingerprint density at radius 2 is 2.03 bits per heavy atom. The highest BCUT2D eigenvalue weighted by Gasteiger charge is 2.36. The van der Waals surface area contributed by atoms with E-state index < -0.39 is 11.0 Å². The smallest absolute Gasteiger partial charge is 0.282 e. The Balaban J connectivity index is 1.50. The lowest BCUT2D eigenvalue weighted by molar-refractivity contribution is -0.384. The number of ether oxygens (including phenoxy) is 1. The largest absolute Gasteiger partial charge is 0.494 e. The molecule has 3 aromatic rings. The molecule has 1 aromatic heterocycles. The Morgan fingerprint density at radius 3 is 2.75 bits per heavy atom. The van der Waals surface area contributed by atoms with E-state index in [-0.39, 0.29) is 11.6 Å². The number of benzene rings is 2. The van der Waals surface area contributed by atoms with Crippen LogP contribution in [0.2, 0.25) is 0 Å². The number of nitro groups is 1. The fourth-order valence-corrected chi connectivity index (χ4v) is 3.79. The van der Waals surface area contributed by atoms with Crippen molar-refractivity contribution < 1.29 is 14.5 Å². The van der Waals surface area contributed by atoms with E-state index in [1.54, 1.807) is 48.7 Å². The zero-order valence-corrected chi connectivity index (χ0v) is 18.0. The summed E-state index contributed by atoms with van der Waals surface area (Å²) in [4.78, 5) is 27.9. The summed E-state index contributed by atoms with van der Waals surface area (Å²) in [6.45, 7) is 4.18. The van der Waals surface area contributed by atoms with Gasteiger partial charge >= 0.3 is 0 Å². The molecule has 1 aliphatic rings. The molecule has 4 rings (SSSR count). The SMILES string of the molecule is CCOc1ccc(N=NC2C(=O)N(c3nc(-c4cccc([N+](=O)[O-])c4)cs3)N=C2C)cc1. The molecule has 0 radical (unpaired) electrons. The highest BCUT2D eigenvalue weighted by Crippen LogP contribution is 2.32. The quantitative estimate of drug-likeness (QED) is 0.285. The van der Waals surface area contributed by atoms with E-state index in [4.69, 9.17) is 4.74 Å². The molecule has 1 aliphatic heterocycles. The third kappa shape index (κ3) is 4.37. The van der Waals surface area contributed by atoms with E-state index in [1.807, 2.05) is 6.92 Å². The first kappa shape index (κ1) is 21.2. The number of nitro benzene ring substituents is 1. The molecule has 1 atom stereocenters. The lowest BCUT2D eigenvalue weighted by atomic mass is 10.1. The Bertz CT molecular complexity index is 1220. The monoisotopic (exact) mass is 450 g/mol. The minimum absolute atomic E-state index is 0.0297. The fraction of sp³-hybridized carbons (Fsp3) is 0.190. The second-order valence-electron chi connectivity index (χ2n) is 6.76. The number of carbonyl (C=O) groups is 1. The van der Waals surface area contributed by atoms with Crippen LogP contribution >= 0.6 is 11.3 Å². The summed E-state index contributed by atoms with van der Waals surface area (Å²) in [6, 6.07) is 12.4. The number of azo groups is 1. The van der Waals surface area contributed by atoms with Crippen LogP contribution in [0.5, 0.6) is 5.75 Å². The van der Waals surface area contributed by atoms with Crippen molar-refractivity contribution in [1.29, 1.82) is 0 Å². The van der Waals surface area contributed by atoms with E-state index >= 15 is 0 Å². The molecule has 0 aliphatic carbocycles. The van der Waals surface area contributed by atoms with Crippen LogP contribution in [0.25, 0.3) is 11.3 Å². The summed E-state index contributed by atoms with van der Waals surface area (Å²) in [7, 11) is 0. The molecular weight excluding hydrogens is 432 g/mol. The number of anilines is 1. The van der Waals surface area contributed by atoms with Crippen molar-refractivity contribution in [3.63, 3.8) is 0 Å². The van der Waals surface area contributed by atoms with Gasteiger partial charge in [-0.2, -0.15) is 20.3 Å². The summed E-state index contributed by atoms with van der Waals surface area (Å²) < 4.78 is 5.40. The molecule has 0 fully saturated rings. The lowest BCUT2D eigenvalue weighted by Crippen LogP contribution is -2.29. The molecule has 2 heterocycles. The molecule has 32 heavy (non-hydrogen) atoms. The Kier molecular flexibility index (Phi) is 5.99. The third-order valence-corrected chi connectivity index (χ3v) is 5.37. The van der Waals surface area contributed by atoms with Gasteiger partial charge in [0.25, 0.3) is 11.6 Å². The first-order chi connectivity index (χ1) is 15.5. The topological polar surface area (TPSA) is 123 Å². The summed E-state index contributed by atoms with van der Waals surface area (Å²) >= 11 is 1.22. The molecule has 1 amide bonds. The summed E-state index contributed by atoms with van der Waals surface area (Å²) in [5.41, 5.74) is 2.17. The predicted octanol–water partition coefficient (Wildman–Crippen LogP) is 4.99. The molecule has 0 saturated carbocycles. The van der Waals surface area contributed by atoms with Crippen LogP contribution in [0.15, 0.2) is 69.2 Å². The number of hydrogen-bond acceptors (Lipinski definition) is 9. The second kappa shape index (κ2) is 9.02. The van der Waals surface area contributed by atoms with Gasteiger partial charge < -0.3 is 4.74 Å². The Labute approximate surface area is 187 Å². The average molecular weight is 450 g/mol. The van der Waals surface area contributed by atoms with Gasteiger partial charge in [0.05, 0.1) is 28.6 Å². The second-order valence-corrected chi connectivity index (χ2v) is 7.60. The number of non-ortho nitro benzene ring substituents is 1. The van der Waals surface area contributed by atoms with Crippen molar-refractivity contribution in [3.05, 3.63) is 64.0 Å². The minimum atomic E-state index is -0.841. The first-order valence-corrected chi connectivity index (χ1v) is 10.6. The number of hydrazone groups is 1. The molecule has 0 spiro atoms. The lowest BCUT2D eigenvalue weighted by Gasteiger charge is -2.08. The molecule has 162 valence electrons. The van der Waals surface area contributed by atoms with Gasteiger partial charge in [-0.25, -0.2) is 4.98 Å². The van der Waals surface area contributed by atoms with E-state index in [1.165, 1.54) is 28.5 Å². The van der Waals surface area contributed by atoms with Crippen LogP contribution in [0.3, 0.4) is 0 Å². The molecule has 10 nitrogen and oxygen atoms in total. The van der Waals surface area contributed by atoms with E-state index in [9.17, 15) is 14.9 Å². The van der Waals surface area contributed by atoms with E-state index in [0.29, 0.717) is 34.4 Å². The van der Waals surface area contributed by atoms with Crippen molar-refractivity contribution in [1.82, 2.24) is 4.98 Å². The number of hydrogen-bond donors (Lipinski definition) is 0. The van der Waals surface area contributed by atoms with Crippen LogP contribution in [0.1, 0.15) is 13.8 Å². The summed E-state index contributed by atoms with van der Waals surface area (Å²) in [6.07, 6.45) is 0. The van der Waals surface area contributed by atoms with Crippen LogP contribution in [0.4, 0.5) is 16.5 Å². The molecule has 0 saturated heterocycles. The number of nitrogens with zero attached hydrogens (tertiary/aromatic N) is 6. The molecule has 2 aromatic carbocycles. The number of carbonyl (C=O) groups excluding carboxylic acids is 1.